The Bertz CT molecular complexity index is 833. The van der Waals surface area contributed by atoms with Gasteiger partial charge in [0.15, 0.2) is 0 Å². The number of aliphatic carboxylic acids is 1. The molecule has 1 heterocycles. The van der Waals surface area contributed by atoms with Crippen LogP contribution in [0.25, 0.3) is 0 Å². The van der Waals surface area contributed by atoms with Gasteiger partial charge in [-0.2, -0.15) is 0 Å². The van der Waals surface area contributed by atoms with E-state index in [4.69, 9.17) is 16.7 Å². The van der Waals surface area contributed by atoms with Gasteiger partial charge in [-0.3, -0.25) is 14.6 Å². The SMILES string of the molecule is CN1C(=O)C(CC(=O)O)N=C(c2ccccc2)c2cc(Cl)ccc21. The zero-order valence-corrected chi connectivity index (χ0v) is 13.7. The molecule has 0 radical (unpaired) electrons. The van der Waals surface area contributed by atoms with Gasteiger partial charge in [-0.15, -0.1) is 0 Å². The summed E-state index contributed by atoms with van der Waals surface area (Å²) >= 11 is 6.13. The van der Waals surface area contributed by atoms with E-state index < -0.39 is 12.0 Å². The lowest BCUT2D eigenvalue weighted by Gasteiger charge is -2.20. The topological polar surface area (TPSA) is 70.0 Å². The first kappa shape index (κ1) is 16.2. The summed E-state index contributed by atoms with van der Waals surface area (Å²) in [6, 6.07) is 13.6. The van der Waals surface area contributed by atoms with Gasteiger partial charge < -0.3 is 10.0 Å². The number of aliphatic imine (C=N–C) groups is 1. The van der Waals surface area contributed by atoms with E-state index in [0.717, 1.165) is 5.56 Å². The van der Waals surface area contributed by atoms with Crippen LogP contribution >= 0.6 is 11.6 Å². The normalized spacial score (nSPS) is 17.1. The Kier molecular flexibility index (Phi) is 4.36. The van der Waals surface area contributed by atoms with Crippen LogP contribution < -0.4 is 4.90 Å². The summed E-state index contributed by atoms with van der Waals surface area (Å²) in [6.07, 6.45) is -0.360. The van der Waals surface area contributed by atoms with Crippen molar-refractivity contribution in [2.45, 2.75) is 12.5 Å². The minimum Gasteiger partial charge on any atom is -0.481 e. The molecule has 24 heavy (non-hydrogen) atoms. The molecule has 2 aromatic carbocycles. The molecule has 0 spiro atoms. The van der Waals surface area contributed by atoms with E-state index in [2.05, 4.69) is 4.99 Å². The van der Waals surface area contributed by atoms with Crippen molar-refractivity contribution >= 4 is 34.9 Å². The lowest BCUT2D eigenvalue weighted by molar-refractivity contribution is -0.139. The first-order chi connectivity index (χ1) is 11.5. The molecule has 1 amide bonds. The van der Waals surface area contributed by atoms with Crippen LogP contribution in [0.4, 0.5) is 5.69 Å². The van der Waals surface area contributed by atoms with Crippen LogP contribution in [0.5, 0.6) is 0 Å². The molecule has 3 rings (SSSR count). The molecule has 0 saturated heterocycles. The molecule has 1 aliphatic rings. The van der Waals surface area contributed by atoms with E-state index in [1.54, 1.807) is 25.2 Å². The van der Waals surface area contributed by atoms with Crippen LogP contribution in [0.15, 0.2) is 53.5 Å². The van der Waals surface area contributed by atoms with Gasteiger partial charge in [0.1, 0.15) is 6.04 Å². The highest BCUT2D eigenvalue weighted by atomic mass is 35.5. The predicted octanol–water partition coefficient (Wildman–Crippen LogP) is 3.00. The molecule has 1 aliphatic heterocycles. The maximum Gasteiger partial charge on any atom is 0.306 e. The monoisotopic (exact) mass is 342 g/mol. The van der Waals surface area contributed by atoms with Crippen LogP contribution in [-0.4, -0.2) is 35.8 Å². The van der Waals surface area contributed by atoms with Gasteiger partial charge >= 0.3 is 5.97 Å². The Morgan fingerprint density at radius 1 is 1.25 bits per heavy atom. The molecule has 1 unspecified atom stereocenters. The quantitative estimate of drug-likeness (QED) is 0.932. The molecule has 1 N–H and O–H groups in total. The van der Waals surface area contributed by atoms with Crippen LogP contribution in [0.1, 0.15) is 17.5 Å². The van der Waals surface area contributed by atoms with E-state index in [0.29, 0.717) is 22.0 Å². The van der Waals surface area contributed by atoms with E-state index >= 15 is 0 Å². The van der Waals surface area contributed by atoms with Gasteiger partial charge in [0.25, 0.3) is 5.91 Å². The number of amides is 1. The number of anilines is 1. The third-order valence-electron chi connectivity index (χ3n) is 3.89. The van der Waals surface area contributed by atoms with E-state index in [1.807, 2.05) is 30.3 Å². The second-order valence-corrected chi connectivity index (χ2v) is 5.95. The van der Waals surface area contributed by atoms with Crippen molar-refractivity contribution in [3.05, 3.63) is 64.7 Å². The third kappa shape index (κ3) is 3.03. The van der Waals surface area contributed by atoms with Gasteiger partial charge in [0.05, 0.1) is 17.8 Å². The van der Waals surface area contributed by atoms with Gasteiger partial charge in [-0.05, 0) is 18.2 Å². The number of halogens is 1. The fraction of sp³-hybridized carbons (Fsp3) is 0.167. The van der Waals surface area contributed by atoms with Crippen molar-refractivity contribution in [3.8, 4) is 0 Å². The molecular weight excluding hydrogens is 328 g/mol. The highest BCUT2D eigenvalue weighted by molar-refractivity contribution is 6.32. The number of carbonyl (C=O) groups is 2. The Hall–Kier alpha value is -2.66. The van der Waals surface area contributed by atoms with Crippen molar-refractivity contribution < 1.29 is 14.7 Å². The van der Waals surface area contributed by atoms with Crippen molar-refractivity contribution in [1.82, 2.24) is 0 Å². The Morgan fingerprint density at radius 2 is 1.96 bits per heavy atom. The molecule has 0 aliphatic carbocycles. The second kappa shape index (κ2) is 6.45. The lowest BCUT2D eigenvalue weighted by atomic mass is 10.0. The van der Waals surface area contributed by atoms with Gasteiger partial charge in [-0.25, -0.2) is 0 Å². The highest BCUT2D eigenvalue weighted by Gasteiger charge is 2.31. The number of hydrogen-bond donors (Lipinski definition) is 1. The van der Waals surface area contributed by atoms with Crippen molar-refractivity contribution in [1.29, 1.82) is 0 Å². The van der Waals surface area contributed by atoms with Gasteiger partial charge in [0, 0.05) is 23.2 Å². The van der Waals surface area contributed by atoms with Crippen LogP contribution in [0.3, 0.4) is 0 Å². The summed E-state index contributed by atoms with van der Waals surface area (Å²) in [6.45, 7) is 0. The number of carboxylic acids is 1. The molecule has 1 atom stereocenters. The van der Waals surface area contributed by atoms with Gasteiger partial charge in [-0.1, -0.05) is 41.9 Å². The largest absolute Gasteiger partial charge is 0.481 e. The molecule has 0 fully saturated rings. The maximum atomic E-state index is 12.6. The maximum absolute atomic E-state index is 12.6. The van der Waals surface area contributed by atoms with Gasteiger partial charge in [0.2, 0.25) is 0 Å². The number of carbonyl (C=O) groups excluding carboxylic acids is 1. The molecular formula is C18H15ClN2O3. The molecule has 122 valence electrons. The van der Waals surface area contributed by atoms with E-state index in [9.17, 15) is 9.59 Å². The fourth-order valence-corrected chi connectivity index (χ4v) is 2.91. The summed E-state index contributed by atoms with van der Waals surface area (Å²) in [5, 5.41) is 9.64. The lowest BCUT2D eigenvalue weighted by Crippen LogP contribution is -2.36. The highest BCUT2D eigenvalue weighted by Crippen LogP contribution is 2.30. The number of carboxylic acid groups (broad SMARTS) is 1. The Labute approximate surface area is 144 Å². The number of fused-ring (bicyclic) bond motifs is 1. The Balaban J connectivity index is 2.24. The van der Waals surface area contributed by atoms with Crippen LogP contribution in [0.2, 0.25) is 5.02 Å². The average molecular weight is 343 g/mol. The molecule has 6 heteroatoms. The number of benzene rings is 2. The smallest absolute Gasteiger partial charge is 0.306 e. The Morgan fingerprint density at radius 3 is 2.62 bits per heavy atom. The van der Waals surface area contributed by atoms with Crippen LogP contribution in [-0.2, 0) is 9.59 Å². The number of nitrogens with zero attached hydrogens (tertiary/aromatic N) is 2. The molecule has 5 nitrogen and oxygen atoms in total. The first-order valence-corrected chi connectivity index (χ1v) is 7.77. The summed E-state index contributed by atoms with van der Waals surface area (Å²) < 4.78 is 0. The minimum atomic E-state index is -1.07. The van der Waals surface area contributed by atoms with Crippen molar-refractivity contribution in [2.24, 2.45) is 4.99 Å². The number of likely N-dealkylation sites (N-methyl/N-ethyl adjacent to an activating group) is 1. The zero-order valence-electron chi connectivity index (χ0n) is 12.9. The molecule has 0 aromatic heterocycles. The van der Waals surface area contributed by atoms with E-state index in [1.165, 1.54) is 4.90 Å². The molecule has 0 bridgehead atoms. The summed E-state index contributed by atoms with van der Waals surface area (Å²) in [7, 11) is 1.62. The minimum absolute atomic E-state index is 0.355. The van der Waals surface area contributed by atoms with Crippen molar-refractivity contribution in [3.63, 3.8) is 0 Å². The van der Waals surface area contributed by atoms with Crippen molar-refractivity contribution in [2.75, 3.05) is 11.9 Å². The first-order valence-electron chi connectivity index (χ1n) is 7.40. The molecule has 0 saturated carbocycles. The van der Waals surface area contributed by atoms with Crippen LogP contribution in [0, 0.1) is 0 Å². The number of hydrogen-bond acceptors (Lipinski definition) is 3. The third-order valence-corrected chi connectivity index (χ3v) is 4.13. The number of benzodiazepines with no additional fused rings is 1. The average Bonchev–Trinajstić information content (AvgIpc) is 2.66. The summed E-state index contributed by atoms with van der Waals surface area (Å²) in [5.74, 6) is -1.42. The molecule has 2 aromatic rings. The predicted molar refractivity (Wildman–Crippen MR) is 93.0 cm³/mol. The summed E-state index contributed by atoms with van der Waals surface area (Å²) in [5.41, 5.74) is 2.73. The standard InChI is InChI=1S/C18H15ClN2O3/c1-21-15-8-7-12(19)9-13(15)17(11-5-3-2-4-6-11)20-14(18(21)24)10-16(22)23/h2-9,14H,10H2,1H3,(H,22,23). The fourth-order valence-electron chi connectivity index (χ4n) is 2.74. The zero-order chi connectivity index (χ0) is 17.3. The number of rotatable bonds is 3. The van der Waals surface area contributed by atoms with E-state index in [-0.39, 0.29) is 12.3 Å². The summed E-state index contributed by atoms with van der Waals surface area (Å²) in [4.78, 5) is 29.7. The second-order valence-electron chi connectivity index (χ2n) is 5.52.